The maximum Gasteiger partial charge on any atom is 0.315 e. The molecule has 1 saturated heterocycles. The topological polar surface area (TPSA) is 61.4 Å². The van der Waals surface area contributed by atoms with E-state index in [1.807, 2.05) is 30.0 Å². The summed E-state index contributed by atoms with van der Waals surface area (Å²) >= 11 is 0. The van der Waals surface area contributed by atoms with Crippen molar-refractivity contribution < 1.29 is 9.59 Å². The number of urea groups is 1. The minimum absolute atomic E-state index is 0.0768. The van der Waals surface area contributed by atoms with Crippen molar-refractivity contribution in [2.75, 3.05) is 19.6 Å². The first-order valence-corrected chi connectivity index (χ1v) is 10.6. The van der Waals surface area contributed by atoms with E-state index >= 15 is 0 Å². The van der Waals surface area contributed by atoms with Gasteiger partial charge in [-0.25, -0.2) is 4.79 Å². The zero-order chi connectivity index (χ0) is 20.5. The number of likely N-dealkylation sites (tertiary alicyclic amines) is 1. The standard InChI is InChI=1S/C24H31N3O2/c1-19(20-12-14-22(15-13-20)21-9-4-2-5-10-21)26-24(29)25-16-8-18-27-17-7-3-6-11-23(27)28/h2,4-5,9-10,12-15,19H,3,6-8,11,16-18H2,1H3,(H2,25,26,29). The molecule has 1 atom stereocenters. The highest BCUT2D eigenvalue weighted by molar-refractivity contribution is 5.76. The van der Waals surface area contributed by atoms with Gasteiger partial charge in [0.15, 0.2) is 0 Å². The van der Waals surface area contributed by atoms with Crippen LogP contribution in [0.25, 0.3) is 11.1 Å². The Hall–Kier alpha value is -2.82. The minimum Gasteiger partial charge on any atom is -0.343 e. The van der Waals surface area contributed by atoms with Gasteiger partial charge in [-0.1, -0.05) is 61.0 Å². The van der Waals surface area contributed by atoms with Crippen molar-refractivity contribution in [3.63, 3.8) is 0 Å². The molecule has 0 spiro atoms. The van der Waals surface area contributed by atoms with Crippen LogP contribution in [-0.4, -0.2) is 36.5 Å². The van der Waals surface area contributed by atoms with E-state index in [1.165, 1.54) is 5.56 Å². The molecular weight excluding hydrogens is 362 g/mol. The number of rotatable bonds is 7. The lowest BCUT2D eigenvalue weighted by molar-refractivity contribution is -0.130. The fraction of sp³-hybridized carbons (Fsp3) is 0.417. The average molecular weight is 394 g/mol. The Morgan fingerprint density at radius 1 is 1.00 bits per heavy atom. The van der Waals surface area contributed by atoms with Crippen LogP contribution in [0.3, 0.4) is 0 Å². The maximum atomic E-state index is 12.2. The molecule has 0 saturated carbocycles. The van der Waals surface area contributed by atoms with Gasteiger partial charge in [0.25, 0.3) is 0 Å². The minimum atomic E-state index is -0.174. The lowest BCUT2D eigenvalue weighted by Gasteiger charge is -2.20. The molecule has 0 aliphatic carbocycles. The van der Waals surface area contributed by atoms with E-state index < -0.39 is 0 Å². The monoisotopic (exact) mass is 393 g/mol. The molecule has 1 unspecified atom stereocenters. The van der Waals surface area contributed by atoms with Gasteiger partial charge < -0.3 is 15.5 Å². The smallest absolute Gasteiger partial charge is 0.315 e. The van der Waals surface area contributed by atoms with Crippen molar-refractivity contribution in [3.05, 3.63) is 60.2 Å². The SMILES string of the molecule is CC(NC(=O)NCCCN1CCCCCC1=O)c1ccc(-c2ccccc2)cc1. The molecule has 3 rings (SSSR count). The molecule has 0 bridgehead atoms. The van der Waals surface area contributed by atoms with Crippen LogP contribution in [-0.2, 0) is 4.79 Å². The lowest BCUT2D eigenvalue weighted by atomic mass is 10.0. The van der Waals surface area contributed by atoms with Gasteiger partial charge in [0.2, 0.25) is 5.91 Å². The van der Waals surface area contributed by atoms with Gasteiger partial charge in [-0.15, -0.1) is 0 Å². The molecule has 5 heteroatoms. The summed E-state index contributed by atoms with van der Waals surface area (Å²) in [6.45, 7) is 4.11. The van der Waals surface area contributed by atoms with Gasteiger partial charge in [-0.2, -0.15) is 0 Å². The molecule has 1 heterocycles. The Morgan fingerprint density at radius 3 is 2.48 bits per heavy atom. The Balaban J connectivity index is 1.40. The van der Waals surface area contributed by atoms with Crippen LogP contribution in [0.4, 0.5) is 4.79 Å². The first-order valence-electron chi connectivity index (χ1n) is 10.6. The quantitative estimate of drug-likeness (QED) is 0.680. The average Bonchev–Trinajstić information content (AvgIpc) is 2.96. The molecule has 154 valence electrons. The highest BCUT2D eigenvalue weighted by Crippen LogP contribution is 2.21. The summed E-state index contributed by atoms with van der Waals surface area (Å²) in [4.78, 5) is 26.1. The zero-order valence-corrected chi connectivity index (χ0v) is 17.2. The predicted molar refractivity (Wildman–Crippen MR) is 116 cm³/mol. The highest BCUT2D eigenvalue weighted by Gasteiger charge is 2.16. The molecule has 2 N–H and O–H groups in total. The van der Waals surface area contributed by atoms with Gasteiger partial charge in [0, 0.05) is 26.1 Å². The number of amides is 3. The number of carbonyl (C=O) groups is 2. The Labute approximate surface area is 173 Å². The molecule has 1 aliphatic heterocycles. The fourth-order valence-corrected chi connectivity index (χ4v) is 3.67. The Morgan fingerprint density at radius 2 is 1.72 bits per heavy atom. The summed E-state index contributed by atoms with van der Waals surface area (Å²) in [5.74, 6) is 0.250. The van der Waals surface area contributed by atoms with Gasteiger partial charge >= 0.3 is 6.03 Å². The second kappa shape index (κ2) is 10.6. The molecule has 2 aromatic rings. The van der Waals surface area contributed by atoms with Crippen LogP contribution in [0.5, 0.6) is 0 Å². The summed E-state index contributed by atoms with van der Waals surface area (Å²) in [7, 11) is 0. The fourth-order valence-electron chi connectivity index (χ4n) is 3.67. The maximum absolute atomic E-state index is 12.2. The molecule has 3 amide bonds. The van der Waals surface area contributed by atoms with Gasteiger partial charge in [0.1, 0.15) is 0 Å². The van der Waals surface area contributed by atoms with E-state index in [9.17, 15) is 9.59 Å². The van der Waals surface area contributed by atoms with Gasteiger partial charge in [-0.3, -0.25) is 4.79 Å². The first kappa shape index (κ1) is 20.9. The van der Waals surface area contributed by atoms with Crippen LogP contribution in [0, 0.1) is 0 Å². The molecular formula is C24H31N3O2. The summed E-state index contributed by atoms with van der Waals surface area (Å²) in [5.41, 5.74) is 3.41. The second-order valence-corrected chi connectivity index (χ2v) is 7.65. The second-order valence-electron chi connectivity index (χ2n) is 7.65. The van der Waals surface area contributed by atoms with E-state index in [2.05, 4.69) is 47.0 Å². The van der Waals surface area contributed by atoms with E-state index in [1.54, 1.807) is 0 Å². The third-order valence-electron chi connectivity index (χ3n) is 5.43. The van der Waals surface area contributed by atoms with Gasteiger partial charge in [-0.05, 0) is 42.9 Å². The number of benzene rings is 2. The third kappa shape index (κ3) is 6.34. The molecule has 0 radical (unpaired) electrons. The summed E-state index contributed by atoms with van der Waals surface area (Å²) in [6.07, 6.45) is 4.65. The van der Waals surface area contributed by atoms with Crippen LogP contribution < -0.4 is 10.6 Å². The van der Waals surface area contributed by atoms with Crippen LogP contribution in [0.15, 0.2) is 54.6 Å². The molecule has 5 nitrogen and oxygen atoms in total. The van der Waals surface area contributed by atoms with Crippen LogP contribution >= 0.6 is 0 Å². The van der Waals surface area contributed by atoms with Crippen molar-refractivity contribution in [2.24, 2.45) is 0 Å². The number of hydrogen-bond donors (Lipinski definition) is 2. The zero-order valence-electron chi connectivity index (χ0n) is 17.2. The predicted octanol–water partition coefficient (Wildman–Crippen LogP) is 4.51. The Bertz CT molecular complexity index is 790. The summed E-state index contributed by atoms with van der Waals surface area (Å²) in [6, 6.07) is 18.3. The van der Waals surface area contributed by atoms with Crippen LogP contribution in [0.1, 0.15) is 50.6 Å². The molecule has 1 aliphatic rings. The van der Waals surface area contributed by atoms with Crippen molar-refractivity contribution in [2.45, 2.75) is 45.1 Å². The summed E-state index contributed by atoms with van der Waals surface area (Å²) in [5, 5.41) is 5.88. The van der Waals surface area contributed by atoms with Crippen molar-refractivity contribution in [1.82, 2.24) is 15.5 Å². The third-order valence-corrected chi connectivity index (χ3v) is 5.43. The van der Waals surface area contributed by atoms with Crippen molar-refractivity contribution in [1.29, 1.82) is 0 Å². The van der Waals surface area contributed by atoms with Crippen molar-refractivity contribution >= 4 is 11.9 Å². The van der Waals surface area contributed by atoms with Crippen LogP contribution in [0.2, 0.25) is 0 Å². The van der Waals surface area contributed by atoms with E-state index in [-0.39, 0.29) is 18.0 Å². The Kier molecular flexibility index (Phi) is 7.68. The van der Waals surface area contributed by atoms with E-state index in [0.29, 0.717) is 13.0 Å². The number of hydrogen-bond acceptors (Lipinski definition) is 2. The largest absolute Gasteiger partial charge is 0.343 e. The number of nitrogens with zero attached hydrogens (tertiary/aromatic N) is 1. The number of carbonyl (C=O) groups excluding carboxylic acids is 2. The molecule has 1 fully saturated rings. The first-order chi connectivity index (χ1) is 14.1. The lowest BCUT2D eigenvalue weighted by Crippen LogP contribution is -2.39. The number of nitrogens with one attached hydrogen (secondary N) is 2. The normalized spacial score (nSPS) is 15.5. The summed E-state index contributed by atoms with van der Waals surface area (Å²) < 4.78 is 0. The molecule has 2 aromatic carbocycles. The van der Waals surface area contributed by atoms with Gasteiger partial charge in [0.05, 0.1) is 6.04 Å². The molecule has 0 aromatic heterocycles. The van der Waals surface area contributed by atoms with E-state index in [0.717, 1.165) is 49.9 Å². The highest BCUT2D eigenvalue weighted by atomic mass is 16.2. The van der Waals surface area contributed by atoms with E-state index in [4.69, 9.17) is 0 Å². The van der Waals surface area contributed by atoms with Crippen molar-refractivity contribution in [3.8, 4) is 11.1 Å². The molecule has 29 heavy (non-hydrogen) atoms.